The summed E-state index contributed by atoms with van der Waals surface area (Å²) < 4.78 is 0. The van der Waals surface area contributed by atoms with E-state index in [1.807, 2.05) is 0 Å². The topological polar surface area (TPSA) is 69.1 Å². The maximum absolute atomic E-state index is 11.6. The van der Waals surface area contributed by atoms with Gasteiger partial charge in [0, 0.05) is 5.69 Å². The molecule has 5 heteroatoms. The van der Waals surface area contributed by atoms with Crippen LogP contribution < -0.4 is 11.5 Å². The minimum absolute atomic E-state index is 0.234. The van der Waals surface area contributed by atoms with E-state index in [0.29, 0.717) is 5.69 Å². The number of carbonyl (C=O) groups is 1. The Bertz CT molecular complexity index is 354. The summed E-state index contributed by atoms with van der Waals surface area (Å²) in [5.41, 5.74) is 11.6. The second-order valence-electron chi connectivity index (χ2n) is 3.01. The van der Waals surface area contributed by atoms with Crippen molar-refractivity contribution in [2.75, 3.05) is 5.73 Å². The van der Waals surface area contributed by atoms with Crippen LogP contribution in [0.5, 0.6) is 0 Å². The van der Waals surface area contributed by atoms with Crippen LogP contribution in [0.2, 0.25) is 10.0 Å². The first-order valence-corrected chi connectivity index (χ1v) is 4.73. The molecule has 0 aliphatic rings. The van der Waals surface area contributed by atoms with Gasteiger partial charge in [0.2, 0.25) is 0 Å². The van der Waals surface area contributed by atoms with Crippen molar-refractivity contribution in [1.82, 2.24) is 0 Å². The van der Waals surface area contributed by atoms with Crippen molar-refractivity contribution in [3.63, 3.8) is 0 Å². The Kier molecular flexibility index (Phi) is 3.37. The lowest BCUT2D eigenvalue weighted by molar-refractivity contribution is 0.0968. The Morgan fingerprint density at radius 3 is 2.14 bits per heavy atom. The third-order valence-corrected chi connectivity index (χ3v) is 2.32. The SMILES string of the molecule is C[C@H](N)C(=O)c1c(Cl)cc(N)cc1Cl. The van der Waals surface area contributed by atoms with E-state index in [4.69, 9.17) is 34.7 Å². The number of hydrogen-bond acceptors (Lipinski definition) is 3. The summed E-state index contributed by atoms with van der Waals surface area (Å²) in [5, 5.41) is 0.467. The number of ketones is 1. The van der Waals surface area contributed by atoms with E-state index in [1.165, 1.54) is 12.1 Å². The molecule has 1 atom stereocenters. The summed E-state index contributed by atoms with van der Waals surface area (Å²) in [6.45, 7) is 1.57. The first kappa shape index (κ1) is 11.3. The summed E-state index contributed by atoms with van der Waals surface area (Å²) >= 11 is 11.7. The van der Waals surface area contributed by atoms with Crippen LogP contribution in [0.15, 0.2) is 12.1 Å². The highest BCUT2D eigenvalue weighted by atomic mass is 35.5. The monoisotopic (exact) mass is 232 g/mol. The number of rotatable bonds is 2. The van der Waals surface area contributed by atoms with E-state index < -0.39 is 6.04 Å². The third-order valence-electron chi connectivity index (χ3n) is 1.72. The van der Waals surface area contributed by atoms with E-state index in [9.17, 15) is 4.79 Å². The van der Waals surface area contributed by atoms with E-state index in [0.717, 1.165) is 0 Å². The molecule has 4 N–H and O–H groups in total. The summed E-state index contributed by atoms with van der Waals surface area (Å²) in [5.74, 6) is -0.292. The van der Waals surface area contributed by atoms with Crippen molar-refractivity contribution in [2.45, 2.75) is 13.0 Å². The normalized spacial score (nSPS) is 12.6. The number of benzene rings is 1. The molecule has 1 aromatic carbocycles. The van der Waals surface area contributed by atoms with Gasteiger partial charge in [-0.15, -0.1) is 0 Å². The fourth-order valence-corrected chi connectivity index (χ4v) is 1.75. The Balaban J connectivity index is 3.28. The lowest BCUT2D eigenvalue weighted by Crippen LogP contribution is -2.27. The van der Waals surface area contributed by atoms with Crippen LogP contribution in [0.4, 0.5) is 5.69 Å². The summed E-state index contributed by atoms with van der Waals surface area (Å²) in [6, 6.07) is 2.32. The number of nitrogen functional groups attached to an aromatic ring is 1. The summed E-state index contributed by atoms with van der Waals surface area (Å²) in [6.07, 6.45) is 0. The molecule has 0 fully saturated rings. The molecule has 0 radical (unpaired) electrons. The minimum atomic E-state index is -0.631. The number of hydrogen-bond donors (Lipinski definition) is 2. The largest absolute Gasteiger partial charge is 0.399 e. The number of halogens is 2. The van der Waals surface area contributed by atoms with E-state index in [2.05, 4.69) is 0 Å². The van der Waals surface area contributed by atoms with Crippen molar-refractivity contribution >= 4 is 34.7 Å². The number of Topliss-reactive ketones (excluding diaryl/α,β-unsaturated/α-hetero) is 1. The molecule has 0 saturated heterocycles. The van der Waals surface area contributed by atoms with Crippen molar-refractivity contribution in [1.29, 1.82) is 0 Å². The zero-order valence-electron chi connectivity index (χ0n) is 7.55. The fraction of sp³-hybridized carbons (Fsp3) is 0.222. The average molecular weight is 233 g/mol. The van der Waals surface area contributed by atoms with Gasteiger partial charge in [0.25, 0.3) is 0 Å². The highest BCUT2D eigenvalue weighted by molar-refractivity contribution is 6.40. The van der Waals surface area contributed by atoms with Gasteiger partial charge in [0.15, 0.2) is 5.78 Å². The van der Waals surface area contributed by atoms with Crippen molar-refractivity contribution in [2.24, 2.45) is 5.73 Å². The summed E-state index contributed by atoms with van der Waals surface area (Å²) in [7, 11) is 0. The number of carbonyl (C=O) groups excluding carboxylic acids is 1. The molecule has 0 spiro atoms. The molecule has 1 aromatic rings. The smallest absolute Gasteiger partial charge is 0.182 e. The second kappa shape index (κ2) is 4.17. The Morgan fingerprint density at radius 1 is 1.36 bits per heavy atom. The maximum atomic E-state index is 11.6. The Labute approximate surface area is 92.0 Å². The molecule has 1 rings (SSSR count). The van der Waals surface area contributed by atoms with Crippen LogP contribution in [0.25, 0.3) is 0 Å². The van der Waals surface area contributed by atoms with Crippen LogP contribution >= 0.6 is 23.2 Å². The molecule has 3 nitrogen and oxygen atoms in total. The van der Waals surface area contributed by atoms with Gasteiger partial charge in [-0.05, 0) is 19.1 Å². The van der Waals surface area contributed by atoms with Gasteiger partial charge < -0.3 is 11.5 Å². The van der Waals surface area contributed by atoms with E-state index >= 15 is 0 Å². The average Bonchev–Trinajstić information content (AvgIpc) is 2.01. The summed E-state index contributed by atoms with van der Waals surface area (Å²) in [4.78, 5) is 11.6. The lowest BCUT2D eigenvalue weighted by atomic mass is 10.1. The lowest BCUT2D eigenvalue weighted by Gasteiger charge is -2.09. The Hall–Kier alpha value is -0.770. The van der Waals surface area contributed by atoms with Gasteiger partial charge in [0.05, 0.1) is 21.7 Å². The highest BCUT2D eigenvalue weighted by Gasteiger charge is 2.18. The van der Waals surface area contributed by atoms with E-state index in [-0.39, 0.29) is 21.4 Å². The Morgan fingerprint density at radius 2 is 1.79 bits per heavy atom. The predicted molar refractivity (Wildman–Crippen MR) is 58.9 cm³/mol. The van der Waals surface area contributed by atoms with Crippen LogP contribution in [0.3, 0.4) is 0 Å². The first-order chi connectivity index (χ1) is 6.43. The van der Waals surface area contributed by atoms with Gasteiger partial charge in [0.1, 0.15) is 0 Å². The first-order valence-electron chi connectivity index (χ1n) is 3.97. The van der Waals surface area contributed by atoms with Crippen LogP contribution in [0.1, 0.15) is 17.3 Å². The van der Waals surface area contributed by atoms with Crippen LogP contribution in [-0.2, 0) is 0 Å². The molecule has 14 heavy (non-hydrogen) atoms. The molecule has 76 valence electrons. The second-order valence-corrected chi connectivity index (χ2v) is 3.83. The quantitative estimate of drug-likeness (QED) is 0.607. The molecular formula is C9H10Cl2N2O. The zero-order valence-corrected chi connectivity index (χ0v) is 9.06. The fourth-order valence-electron chi connectivity index (χ4n) is 1.06. The predicted octanol–water partition coefficient (Wildman–Crippen LogP) is 2.11. The van der Waals surface area contributed by atoms with Crippen molar-refractivity contribution < 1.29 is 4.79 Å². The van der Waals surface area contributed by atoms with Gasteiger partial charge >= 0.3 is 0 Å². The van der Waals surface area contributed by atoms with Crippen LogP contribution in [0, 0.1) is 0 Å². The van der Waals surface area contributed by atoms with Gasteiger partial charge in [-0.25, -0.2) is 0 Å². The molecule has 0 aromatic heterocycles. The molecule has 0 saturated carbocycles. The van der Waals surface area contributed by atoms with Gasteiger partial charge in [-0.3, -0.25) is 4.79 Å². The number of nitrogens with two attached hydrogens (primary N) is 2. The molecule has 0 aliphatic carbocycles. The molecule has 0 heterocycles. The zero-order chi connectivity index (χ0) is 10.9. The van der Waals surface area contributed by atoms with Crippen molar-refractivity contribution in [3.05, 3.63) is 27.7 Å². The third kappa shape index (κ3) is 2.18. The molecule has 0 unspecified atom stereocenters. The van der Waals surface area contributed by atoms with Gasteiger partial charge in [-0.1, -0.05) is 23.2 Å². The molecule has 0 bridgehead atoms. The molecule has 0 aliphatic heterocycles. The number of anilines is 1. The maximum Gasteiger partial charge on any atom is 0.182 e. The highest BCUT2D eigenvalue weighted by Crippen LogP contribution is 2.28. The van der Waals surface area contributed by atoms with Gasteiger partial charge in [-0.2, -0.15) is 0 Å². The van der Waals surface area contributed by atoms with E-state index in [1.54, 1.807) is 6.92 Å². The molecular weight excluding hydrogens is 223 g/mol. The standard InChI is InChI=1S/C9H10Cl2N2O/c1-4(12)9(14)8-6(10)2-5(13)3-7(8)11/h2-4H,12-13H2,1H3/t4-/m0/s1. The minimum Gasteiger partial charge on any atom is -0.399 e. The molecule has 0 amide bonds. The van der Waals surface area contributed by atoms with Crippen molar-refractivity contribution in [3.8, 4) is 0 Å². The van der Waals surface area contributed by atoms with Crippen LogP contribution in [-0.4, -0.2) is 11.8 Å².